The van der Waals surface area contributed by atoms with Gasteiger partial charge in [-0.2, -0.15) is 0 Å². The van der Waals surface area contributed by atoms with Crippen LogP contribution < -0.4 is 5.73 Å². The number of nitrogens with zero attached hydrogens (tertiary/aromatic N) is 1. The average Bonchev–Trinajstić information content (AvgIpc) is 2.74. The normalized spacial score (nSPS) is 10.7. The molecular formula is C9H9ClN2OS. The molecule has 0 radical (unpaired) electrons. The first-order valence-corrected chi connectivity index (χ1v) is 5.39. The van der Waals surface area contributed by atoms with Crippen molar-refractivity contribution in [3.05, 3.63) is 28.6 Å². The first kappa shape index (κ1) is 9.71. The van der Waals surface area contributed by atoms with Gasteiger partial charge in [0.05, 0.1) is 9.21 Å². The van der Waals surface area contributed by atoms with Gasteiger partial charge < -0.3 is 10.2 Å². The zero-order valence-corrected chi connectivity index (χ0v) is 8.94. The van der Waals surface area contributed by atoms with E-state index in [1.807, 2.05) is 12.1 Å². The molecule has 0 bridgehead atoms. The van der Waals surface area contributed by atoms with E-state index in [-0.39, 0.29) is 0 Å². The maximum absolute atomic E-state index is 5.84. The third kappa shape index (κ3) is 1.82. The average molecular weight is 229 g/mol. The number of hydrogen-bond acceptors (Lipinski definition) is 4. The lowest BCUT2D eigenvalue weighted by atomic mass is 10.2. The summed E-state index contributed by atoms with van der Waals surface area (Å²) in [6.07, 6.45) is 2.14. The first-order chi connectivity index (χ1) is 6.81. The fraction of sp³-hybridized carbons (Fsp3) is 0.222. The fourth-order valence-electron chi connectivity index (χ4n) is 1.22. The van der Waals surface area contributed by atoms with Crippen LogP contribution in [0.2, 0.25) is 4.34 Å². The molecule has 0 saturated heterocycles. The second-order valence-electron chi connectivity index (χ2n) is 2.77. The topological polar surface area (TPSA) is 52.0 Å². The van der Waals surface area contributed by atoms with Gasteiger partial charge in [-0.1, -0.05) is 11.6 Å². The monoisotopic (exact) mass is 228 g/mol. The number of halogens is 1. The van der Waals surface area contributed by atoms with Gasteiger partial charge in [-0.05, 0) is 18.7 Å². The van der Waals surface area contributed by atoms with Crippen molar-refractivity contribution in [1.29, 1.82) is 0 Å². The Hall–Kier alpha value is -0.840. The molecule has 2 aromatic rings. The summed E-state index contributed by atoms with van der Waals surface area (Å²) >= 11 is 7.33. The maximum Gasteiger partial charge on any atom is 0.181 e. The molecule has 0 aliphatic carbocycles. The predicted molar refractivity (Wildman–Crippen MR) is 57.6 cm³/mol. The number of nitrogens with two attached hydrogens (primary N) is 1. The van der Waals surface area contributed by atoms with Gasteiger partial charge in [0.25, 0.3) is 0 Å². The lowest BCUT2D eigenvalue weighted by Gasteiger charge is -1.95. The van der Waals surface area contributed by atoms with Gasteiger partial charge in [-0.25, -0.2) is 4.98 Å². The lowest BCUT2D eigenvalue weighted by molar-refractivity contribution is 0.506. The third-order valence-corrected chi connectivity index (χ3v) is 3.06. The van der Waals surface area contributed by atoms with E-state index in [9.17, 15) is 0 Å². The smallest absolute Gasteiger partial charge is 0.181 e. The summed E-state index contributed by atoms with van der Waals surface area (Å²) in [5, 5.41) is 0. The van der Waals surface area contributed by atoms with E-state index in [0.29, 0.717) is 13.0 Å². The summed E-state index contributed by atoms with van der Waals surface area (Å²) < 4.78 is 5.99. The molecule has 14 heavy (non-hydrogen) atoms. The Morgan fingerprint density at radius 3 is 3.00 bits per heavy atom. The second kappa shape index (κ2) is 4.13. The van der Waals surface area contributed by atoms with Crippen LogP contribution in [-0.2, 0) is 6.42 Å². The summed E-state index contributed by atoms with van der Waals surface area (Å²) in [6.45, 7) is 0.557. The maximum atomic E-state index is 5.84. The van der Waals surface area contributed by atoms with Crippen LogP contribution in [0.5, 0.6) is 0 Å². The van der Waals surface area contributed by atoms with Crippen LogP contribution in [0.4, 0.5) is 0 Å². The minimum Gasteiger partial charge on any atom is -0.448 e. The molecule has 3 nitrogen and oxygen atoms in total. The van der Waals surface area contributed by atoms with E-state index in [2.05, 4.69) is 4.98 Å². The molecule has 0 atom stereocenters. The van der Waals surface area contributed by atoms with Gasteiger partial charge >= 0.3 is 0 Å². The molecule has 2 N–H and O–H groups in total. The van der Waals surface area contributed by atoms with Gasteiger partial charge in [0.1, 0.15) is 11.5 Å². The molecule has 2 aromatic heterocycles. The number of hydrogen-bond donors (Lipinski definition) is 1. The molecule has 0 aromatic carbocycles. The van der Waals surface area contributed by atoms with E-state index in [0.717, 1.165) is 20.7 Å². The predicted octanol–water partition coefficient (Wildman–Crippen LogP) is 2.56. The Balaban J connectivity index is 2.36. The molecule has 0 saturated carbocycles. The van der Waals surface area contributed by atoms with Gasteiger partial charge in [-0.15, -0.1) is 11.3 Å². The molecule has 0 amide bonds. The second-order valence-corrected chi connectivity index (χ2v) is 4.48. The Morgan fingerprint density at radius 2 is 2.36 bits per heavy atom. The molecule has 0 unspecified atom stereocenters. The number of thiophene rings is 1. The number of rotatable bonds is 3. The van der Waals surface area contributed by atoms with Gasteiger partial charge in [-0.3, -0.25) is 0 Å². The quantitative estimate of drug-likeness (QED) is 0.879. The Kier molecular flexibility index (Phi) is 2.86. The summed E-state index contributed by atoms with van der Waals surface area (Å²) in [6, 6.07) is 3.79. The summed E-state index contributed by atoms with van der Waals surface area (Å²) in [5.74, 6) is 0.825. The highest BCUT2D eigenvalue weighted by Crippen LogP contribution is 2.32. The van der Waals surface area contributed by atoms with Gasteiger partial charge in [0, 0.05) is 6.42 Å². The molecular weight excluding hydrogens is 220 g/mol. The summed E-state index contributed by atoms with van der Waals surface area (Å²) in [5.41, 5.74) is 6.32. The number of oxazole rings is 1. The van der Waals surface area contributed by atoms with Crippen LogP contribution in [-0.4, -0.2) is 11.5 Å². The minimum absolute atomic E-state index is 0.557. The highest BCUT2D eigenvalue weighted by Gasteiger charge is 2.11. The zero-order valence-electron chi connectivity index (χ0n) is 7.37. The number of aromatic nitrogens is 1. The molecule has 0 aliphatic rings. The standard InChI is InChI=1S/C9H9ClN2OS/c10-8-2-1-7(14-8)9-6(3-4-11)13-5-12-9/h1-2,5H,3-4,11H2. The van der Waals surface area contributed by atoms with E-state index in [1.54, 1.807) is 0 Å². The lowest BCUT2D eigenvalue weighted by Crippen LogP contribution is -2.02. The molecule has 0 aliphatic heterocycles. The molecule has 74 valence electrons. The molecule has 5 heteroatoms. The van der Waals surface area contributed by atoms with Crippen molar-refractivity contribution in [2.45, 2.75) is 6.42 Å². The largest absolute Gasteiger partial charge is 0.448 e. The van der Waals surface area contributed by atoms with Crippen molar-refractivity contribution in [3.63, 3.8) is 0 Å². The van der Waals surface area contributed by atoms with Crippen molar-refractivity contribution >= 4 is 22.9 Å². The van der Waals surface area contributed by atoms with Crippen LogP contribution in [0.3, 0.4) is 0 Å². The first-order valence-electron chi connectivity index (χ1n) is 4.19. The zero-order chi connectivity index (χ0) is 9.97. The van der Waals surface area contributed by atoms with Crippen molar-refractivity contribution in [2.75, 3.05) is 6.54 Å². The van der Waals surface area contributed by atoms with Crippen molar-refractivity contribution in [2.24, 2.45) is 5.73 Å². The van der Waals surface area contributed by atoms with Crippen molar-refractivity contribution in [1.82, 2.24) is 4.98 Å². The van der Waals surface area contributed by atoms with E-state index in [1.165, 1.54) is 17.7 Å². The SMILES string of the molecule is NCCc1ocnc1-c1ccc(Cl)s1. The summed E-state index contributed by atoms with van der Waals surface area (Å²) in [7, 11) is 0. The fourth-order valence-corrected chi connectivity index (χ4v) is 2.28. The van der Waals surface area contributed by atoms with E-state index in [4.69, 9.17) is 21.8 Å². The molecule has 2 heterocycles. The van der Waals surface area contributed by atoms with Crippen molar-refractivity contribution in [3.8, 4) is 10.6 Å². The van der Waals surface area contributed by atoms with Crippen LogP contribution in [0.15, 0.2) is 22.9 Å². The van der Waals surface area contributed by atoms with Crippen LogP contribution in [0, 0.1) is 0 Å². The molecule has 2 rings (SSSR count). The van der Waals surface area contributed by atoms with E-state index < -0.39 is 0 Å². The van der Waals surface area contributed by atoms with Crippen molar-refractivity contribution < 1.29 is 4.42 Å². The Morgan fingerprint density at radius 1 is 1.50 bits per heavy atom. The Bertz CT molecular complexity index is 424. The Labute approximate surface area is 90.5 Å². The van der Waals surface area contributed by atoms with Crippen LogP contribution >= 0.6 is 22.9 Å². The highest BCUT2D eigenvalue weighted by atomic mass is 35.5. The summed E-state index contributed by atoms with van der Waals surface area (Å²) in [4.78, 5) is 5.17. The van der Waals surface area contributed by atoms with Crippen LogP contribution in [0.25, 0.3) is 10.6 Å². The van der Waals surface area contributed by atoms with Crippen LogP contribution in [0.1, 0.15) is 5.76 Å². The molecule has 0 spiro atoms. The van der Waals surface area contributed by atoms with E-state index >= 15 is 0 Å². The van der Waals surface area contributed by atoms with Gasteiger partial charge in [0.2, 0.25) is 0 Å². The third-order valence-electron chi connectivity index (χ3n) is 1.82. The molecule has 0 fully saturated rings. The highest BCUT2D eigenvalue weighted by molar-refractivity contribution is 7.19. The minimum atomic E-state index is 0.557. The van der Waals surface area contributed by atoms with Gasteiger partial charge in [0.15, 0.2) is 6.39 Å².